The summed E-state index contributed by atoms with van der Waals surface area (Å²) in [6, 6.07) is 8.51. The highest BCUT2D eigenvalue weighted by Crippen LogP contribution is 2.59. The van der Waals surface area contributed by atoms with Crippen LogP contribution in [0.15, 0.2) is 24.3 Å². The minimum atomic E-state index is 0.177. The average molecular weight is 254 g/mol. The molecule has 4 fully saturated rings. The van der Waals surface area contributed by atoms with Gasteiger partial charge in [-0.15, -0.1) is 0 Å². The number of rotatable bonds is 2. The van der Waals surface area contributed by atoms with E-state index in [4.69, 9.17) is 0 Å². The van der Waals surface area contributed by atoms with Crippen LogP contribution >= 0.6 is 0 Å². The normalized spacial score (nSPS) is 39.5. The molecule has 1 aromatic carbocycles. The van der Waals surface area contributed by atoms with E-state index in [1.54, 1.807) is 6.92 Å². The Hall–Kier alpha value is -1.11. The fourth-order valence-corrected chi connectivity index (χ4v) is 5.41. The molecule has 19 heavy (non-hydrogen) atoms. The molecule has 4 saturated carbocycles. The molecule has 0 spiro atoms. The molecule has 0 heterocycles. The van der Waals surface area contributed by atoms with Gasteiger partial charge in [0, 0.05) is 5.56 Å². The molecule has 0 aromatic heterocycles. The predicted molar refractivity (Wildman–Crippen MR) is 76.2 cm³/mol. The smallest absolute Gasteiger partial charge is 0.159 e. The van der Waals surface area contributed by atoms with Gasteiger partial charge in [0.15, 0.2) is 5.78 Å². The van der Waals surface area contributed by atoms with Gasteiger partial charge in [-0.25, -0.2) is 0 Å². The van der Waals surface area contributed by atoms with Crippen molar-refractivity contribution in [2.75, 3.05) is 0 Å². The Bertz CT molecular complexity index is 471. The summed E-state index contributed by atoms with van der Waals surface area (Å²) in [5, 5.41) is 0. The Kier molecular flexibility index (Phi) is 2.58. The molecule has 0 N–H and O–H groups in total. The molecule has 0 saturated heterocycles. The van der Waals surface area contributed by atoms with Crippen LogP contribution in [0, 0.1) is 23.7 Å². The lowest BCUT2D eigenvalue weighted by Crippen LogP contribution is -2.43. The van der Waals surface area contributed by atoms with Gasteiger partial charge in [-0.05, 0) is 74.2 Å². The van der Waals surface area contributed by atoms with E-state index in [9.17, 15) is 4.79 Å². The highest BCUT2D eigenvalue weighted by atomic mass is 16.1. The SMILES string of the molecule is CC(=O)c1ccc(C2C3CC4CC(C3)CC2C4)cc1. The Morgan fingerprint density at radius 3 is 1.89 bits per heavy atom. The van der Waals surface area contributed by atoms with Crippen molar-refractivity contribution in [2.45, 2.75) is 44.9 Å². The number of ketones is 1. The first kappa shape index (κ1) is 11.7. The van der Waals surface area contributed by atoms with Crippen molar-refractivity contribution in [3.8, 4) is 0 Å². The van der Waals surface area contributed by atoms with Gasteiger partial charge in [-0.2, -0.15) is 0 Å². The summed E-state index contributed by atoms with van der Waals surface area (Å²) in [5.41, 5.74) is 2.35. The van der Waals surface area contributed by atoms with Crippen LogP contribution < -0.4 is 0 Å². The second-order valence-corrected chi connectivity index (χ2v) is 7.13. The number of hydrogen-bond acceptors (Lipinski definition) is 1. The molecule has 4 aliphatic rings. The summed E-state index contributed by atoms with van der Waals surface area (Å²) in [5.74, 6) is 4.90. The molecular formula is C18H22O. The maximum atomic E-state index is 11.4. The highest BCUT2D eigenvalue weighted by Gasteiger charge is 2.48. The van der Waals surface area contributed by atoms with E-state index >= 15 is 0 Å². The molecule has 100 valence electrons. The maximum Gasteiger partial charge on any atom is 0.159 e. The molecule has 0 unspecified atom stereocenters. The number of hydrogen-bond donors (Lipinski definition) is 0. The Morgan fingerprint density at radius 2 is 1.42 bits per heavy atom. The Labute approximate surface area is 115 Å². The summed E-state index contributed by atoms with van der Waals surface area (Å²) < 4.78 is 0. The molecule has 4 aliphatic carbocycles. The summed E-state index contributed by atoms with van der Waals surface area (Å²) in [6.45, 7) is 1.65. The van der Waals surface area contributed by atoms with E-state index in [1.165, 1.54) is 37.7 Å². The van der Waals surface area contributed by atoms with E-state index in [0.29, 0.717) is 0 Å². The minimum Gasteiger partial charge on any atom is -0.295 e. The summed E-state index contributed by atoms with van der Waals surface area (Å²) >= 11 is 0. The molecule has 0 radical (unpaired) electrons. The first-order chi connectivity index (χ1) is 9.20. The summed E-state index contributed by atoms with van der Waals surface area (Å²) in [7, 11) is 0. The first-order valence-electron chi connectivity index (χ1n) is 7.81. The zero-order valence-corrected chi connectivity index (χ0v) is 11.6. The largest absolute Gasteiger partial charge is 0.295 e. The van der Waals surface area contributed by atoms with Crippen molar-refractivity contribution in [3.05, 3.63) is 35.4 Å². The second kappa shape index (κ2) is 4.19. The fraction of sp³-hybridized carbons (Fsp3) is 0.611. The molecule has 0 aliphatic heterocycles. The van der Waals surface area contributed by atoms with Gasteiger partial charge in [0.25, 0.3) is 0 Å². The molecule has 5 rings (SSSR count). The standard InChI is InChI=1S/C18H22O/c1-11(19)14-2-4-15(5-3-14)18-16-7-12-6-13(9-16)10-17(18)8-12/h2-5,12-13,16-18H,6-10H2,1H3. The maximum absolute atomic E-state index is 11.4. The average Bonchev–Trinajstić information content (AvgIpc) is 2.38. The lowest BCUT2D eigenvalue weighted by Gasteiger charge is -2.54. The van der Waals surface area contributed by atoms with Crippen molar-refractivity contribution in [1.82, 2.24) is 0 Å². The summed E-state index contributed by atoms with van der Waals surface area (Å²) in [6.07, 6.45) is 7.37. The van der Waals surface area contributed by atoms with Crippen LogP contribution in [-0.2, 0) is 0 Å². The molecular weight excluding hydrogens is 232 g/mol. The quantitative estimate of drug-likeness (QED) is 0.714. The van der Waals surface area contributed by atoms with Gasteiger partial charge >= 0.3 is 0 Å². The van der Waals surface area contributed by atoms with E-state index < -0.39 is 0 Å². The van der Waals surface area contributed by atoms with Crippen molar-refractivity contribution in [3.63, 3.8) is 0 Å². The molecule has 4 bridgehead atoms. The van der Waals surface area contributed by atoms with Crippen LogP contribution in [0.5, 0.6) is 0 Å². The minimum absolute atomic E-state index is 0.177. The van der Waals surface area contributed by atoms with Crippen molar-refractivity contribution >= 4 is 5.78 Å². The fourth-order valence-electron chi connectivity index (χ4n) is 5.41. The number of benzene rings is 1. The summed E-state index contributed by atoms with van der Waals surface area (Å²) in [4.78, 5) is 11.4. The third-order valence-electron chi connectivity index (χ3n) is 5.93. The van der Waals surface area contributed by atoms with Gasteiger partial charge in [0.2, 0.25) is 0 Å². The van der Waals surface area contributed by atoms with E-state index in [2.05, 4.69) is 12.1 Å². The van der Waals surface area contributed by atoms with Crippen LogP contribution in [0.3, 0.4) is 0 Å². The third-order valence-corrected chi connectivity index (χ3v) is 5.93. The predicted octanol–water partition coefficient (Wildman–Crippen LogP) is 4.43. The molecule has 1 nitrogen and oxygen atoms in total. The third kappa shape index (κ3) is 1.86. The van der Waals surface area contributed by atoms with Gasteiger partial charge in [-0.1, -0.05) is 24.3 Å². The van der Waals surface area contributed by atoms with Crippen molar-refractivity contribution in [1.29, 1.82) is 0 Å². The molecule has 1 aromatic rings. The van der Waals surface area contributed by atoms with Gasteiger partial charge in [0.1, 0.15) is 0 Å². The monoisotopic (exact) mass is 254 g/mol. The zero-order valence-electron chi connectivity index (χ0n) is 11.6. The number of carbonyl (C=O) groups is 1. The Morgan fingerprint density at radius 1 is 0.895 bits per heavy atom. The van der Waals surface area contributed by atoms with Crippen molar-refractivity contribution in [2.24, 2.45) is 23.7 Å². The van der Waals surface area contributed by atoms with E-state index in [-0.39, 0.29) is 5.78 Å². The van der Waals surface area contributed by atoms with Crippen LogP contribution in [0.1, 0.15) is 60.9 Å². The molecule has 1 heteroatoms. The topological polar surface area (TPSA) is 17.1 Å². The van der Waals surface area contributed by atoms with Crippen LogP contribution in [0.2, 0.25) is 0 Å². The first-order valence-corrected chi connectivity index (χ1v) is 7.81. The molecule has 0 atom stereocenters. The molecule has 0 amide bonds. The van der Waals surface area contributed by atoms with Gasteiger partial charge in [-0.3, -0.25) is 4.79 Å². The van der Waals surface area contributed by atoms with Crippen LogP contribution in [-0.4, -0.2) is 5.78 Å². The zero-order chi connectivity index (χ0) is 13.0. The second-order valence-electron chi connectivity index (χ2n) is 7.13. The lowest BCUT2D eigenvalue weighted by molar-refractivity contribution is -0.00277. The van der Waals surface area contributed by atoms with Gasteiger partial charge < -0.3 is 0 Å². The number of carbonyl (C=O) groups excluding carboxylic acids is 1. The van der Waals surface area contributed by atoms with Crippen LogP contribution in [0.25, 0.3) is 0 Å². The highest BCUT2D eigenvalue weighted by molar-refractivity contribution is 5.94. The van der Waals surface area contributed by atoms with Crippen LogP contribution in [0.4, 0.5) is 0 Å². The van der Waals surface area contributed by atoms with Crippen molar-refractivity contribution < 1.29 is 4.79 Å². The Balaban J connectivity index is 1.63. The number of Topliss-reactive ketones (excluding diaryl/α,β-unsaturated/α-hetero) is 1. The van der Waals surface area contributed by atoms with Gasteiger partial charge in [0.05, 0.1) is 0 Å². The van der Waals surface area contributed by atoms with E-state index in [1.807, 2.05) is 12.1 Å². The van der Waals surface area contributed by atoms with E-state index in [0.717, 1.165) is 35.2 Å². The lowest BCUT2D eigenvalue weighted by atomic mass is 9.51.